The first kappa shape index (κ1) is 14.6. The van der Waals surface area contributed by atoms with Crippen molar-refractivity contribution in [1.29, 1.82) is 0 Å². The fourth-order valence-corrected chi connectivity index (χ4v) is 2.19. The molecule has 1 fully saturated rings. The molecule has 0 aromatic carbocycles. The number of rotatable bonds is 2. The van der Waals surface area contributed by atoms with Gasteiger partial charge in [0.2, 0.25) is 0 Å². The zero-order valence-corrected chi connectivity index (χ0v) is 10.5. The first-order valence-corrected chi connectivity index (χ1v) is 6.10. The predicted molar refractivity (Wildman–Crippen MR) is 65.2 cm³/mol. The number of aliphatic hydroxyl groups is 1. The minimum Gasteiger partial charge on any atom is -0.391 e. The Morgan fingerprint density at radius 1 is 1.45 bits per heavy atom. The highest BCUT2D eigenvalue weighted by molar-refractivity contribution is 5.97. The Kier molecular flexibility index (Phi) is 3.85. The summed E-state index contributed by atoms with van der Waals surface area (Å²) in [5.74, 6) is -0.965. The van der Waals surface area contributed by atoms with E-state index in [2.05, 4.69) is 4.98 Å². The van der Waals surface area contributed by atoms with Crippen molar-refractivity contribution in [2.45, 2.75) is 25.1 Å². The summed E-state index contributed by atoms with van der Waals surface area (Å²) >= 11 is 0. The van der Waals surface area contributed by atoms with E-state index in [0.29, 0.717) is 19.4 Å². The normalized spacial score (nSPS) is 20.0. The molecule has 3 N–H and O–H groups in total. The first-order chi connectivity index (χ1) is 9.29. The van der Waals surface area contributed by atoms with E-state index in [-0.39, 0.29) is 17.9 Å². The van der Waals surface area contributed by atoms with Crippen molar-refractivity contribution in [2.75, 3.05) is 18.0 Å². The van der Waals surface area contributed by atoms with Gasteiger partial charge in [-0.3, -0.25) is 4.79 Å². The summed E-state index contributed by atoms with van der Waals surface area (Å²) in [7, 11) is 0. The van der Waals surface area contributed by atoms with Gasteiger partial charge in [0.1, 0.15) is 11.5 Å². The van der Waals surface area contributed by atoms with Crippen molar-refractivity contribution in [1.82, 2.24) is 4.98 Å². The van der Waals surface area contributed by atoms with Gasteiger partial charge in [-0.05, 0) is 25.0 Å². The lowest BCUT2D eigenvalue weighted by atomic mass is 10.1. The van der Waals surface area contributed by atoms with Gasteiger partial charge in [0, 0.05) is 13.1 Å². The Hall–Kier alpha value is -1.83. The molecule has 2 rings (SSSR count). The number of hydrogen-bond donors (Lipinski definition) is 2. The van der Waals surface area contributed by atoms with Crippen molar-refractivity contribution >= 4 is 11.7 Å². The topological polar surface area (TPSA) is 79.5 Å². The third kappa shape index (κ3) is 3.01. The number of carbonyl (C=O) groups is 1. The molecule has 8 heteroatoms. The van der Waals surface area contributed by atoms with Gasteiger partial charge in [-0.15, -0.1) is 0 Å². The summed E-state index contributed by atoms with van der Waals surface area (Å²) in [6.07, 6.45) is -4.07. The van der Waals surface area contributed by atoms with Crippen LogP contribution in [0.1, 0.15) is 28.9 Å². The Morgan fingerprint density at radius 3 is 2.70 bits per heavy atom. The predicted octanol–water partition coefficient (Wildman–Crippen LogP) is 1.16. The van der Waals surface area contributed by atoms with Crippen LogP contribution in [0.3, 0.4) is 0 Å². The van der Waals surface area contributed by atoms with E-state index >= 15 is 0 Å². The van der Waals surface area contributed by atoms with Crippen LogP contribution in [0.5, 0.6) is 0 Å². The third-order valence-electron chi connectivity index (χ3n) is 3.13. The molecule has 0 aliphatic carbocycles. The summed E-state index contributed by atoms with van der Waals surface area (Å²) in [6, 6.07) is 1.75. The third-order valence-corrected chi connectivity index (χ3v) is 3.13. The highest BCUT2D eigenvalue weighted by Gasteiger charge is 2.34. The van der Waals surface area contributed by atoms with Gasteiger partial charge in [0.05, 0.1) is 11.7 Å². The second-order valence-electron chi connectivity index (χ2n) is 4.67. The molecule has 110 valence electrons. The van der Waals surface area contributed by atoms with Gasteiger partial charge in [-0.2, -0.15) is 13.2 Å². The maximum Gasteiger partial charge on any atom is 0.433 e. The van der Waals surface area contributed by atoms with Crippen molar-refractivity contribution in [2.24, 2.45) is 5.73 Å². The van der Waals surface area contributed by atoms with Crippen LogP contribution in [0.4, 0.5) is 19.0 Å². The summed E-state index contributed by atoms with van der Waals surface area (Å²) in [4.78, 5) is 16.3. The van der Waals surface area contributed by atoms with Gasteiger partial charge in [-0.1, -0.05) is 0 Å². The van der Waals surface area contributed by atoms with Crippen LogP contribution in [-0.4, -0.2) is 35.2 Å². The maximum atomic E-state index is 12.7. The number of hydrogen-bond acceptors (Lipinski definition) is 4. The van der Waals surface area contributed by atoms with Crippen molar-refractivity contribution in [3.05, 3.63) is 23.4 Å². The molecule has 5 nitrogen and oxygen atoms in total. The monoisotopic (exact) mass is 289 g/mol. The minimum absolute atomic E-state index is 0.0768. The molecule has 0 radical (unpaired) electrons. The Bertz CT molecular complexity index is 519. The smallest absolute Gasteiger partial charge is 0.391 e. The number of piperidine rings is 1. The van der Waals surface area contributed by atoms with Crippen LogP contribution in [-0.2, 0) is 6.18 Å². The molecule has 2 heterocycles. The Labute approximate surface area is 113 Å². The van der Waals surface area contributed by atoms with E-state index in [0.717, 1.165) is 12.1 Å². The number of nitrogens with two attached hydrogens (primary N) is 1. The number of pyridine rings is 1. The zero-order chi connectivity index (χ0) is 14.9. The van der Waals surface area contributed by atoms with Gasteiger partial charge < -0.3 is 15.7 Å². The minimum atomic E-state index is -4.60. The van der Waals surface area contributed by atoms with E-state index in [9.17, 15) is 23.1 Å². The number of aliphatic hydroxyl groups excluding tert-OH is 1. The average molecular weight is 289 g/mol. The molecule has 20 heavy (non-hydrogen) atoms. The van der Waals surface area contributed by atoms with Gasteiger partial charge >= 0.3 is 6.18 Å². The van der Waals surface area contributed by atoms with Gasteiger partial charge in [-0.25, -0.2) is 4.98 Å². The summed E-state index contributed by atoms with van der Waals surface area (Å²) < 4.78 is 38.1. The molecule has 0 bridgehead atoms. The average Bonchev–Trinajstić information content (AvgIpc) is 2.37. The lowest BCUT2D eigenvalue weighted by Gasteiger charge is -2.32. The molecule has 1 saturated heterocycles. The van der Waals surface area contributed by atoms with Crippen LogP contribution < -0.4 is 10.6 Å². The summed E-state index contributed by atoms with van der Waals surface area (Å²) in [5.41, 5.74) is 4.00. The summed E-state index contributed by atoms with van der Waals surface area (Å²) in [6.45, 7) is 0.556. The highest BCUT2D eigenvalue weighted by atomic mass is 19.4. The van der Waals surface area contributed by atoms with Gasteiger partial charge in [0.15, 0.2) is 0 Å². The van der Waals surface area contributed by atoms with Crippen LogP contribution in [0.2, 0.25) is 0 Å². The first-order valence-electron chi connectivity index (χ1n) is 6.10. The number of primary amides is 1. The lowest BCUT2D eigenvalue weighted by molar-refractivity contribution is -0.141. The number of halogens is 3. The lowest BCUT2D eigenvalue weighted by Crippen LogP contribution is -2.40. The van der Waals surface area contributed by atoms with Gasteiger partial charge in [0.25, 0.3) is 5.91 Å². The number of β-amino-alcohol motifs (C(OH)–C–C–N with tert-alkyl or cyclic N) is 1. The molecular formula is C12H14F3N3O2. The van der Waals surface area contributed by atoms with E-state index in [4.69, 9.17) is 5.73 Å². The standard InChI is InChI=1S/C12H14F3N3O2/c13-12(14,15)9-4-3-8(10(16)20)11(17-9)18-5-1-2-7(19)6-18/h3-4,7,19H,1-2,5-6H2,(H2,16,20). The molecule has 1 atom stereocenters. The van der Waals surface area contributed by atoms with Crippen LogP contribution in [0, 0.1) is 0 Å². The number of aromatic nitrogens is 1. The molecule has 1 aliphatic rings. The second-order valence-corrected chi connectivity index (χ2v) is 4.67. The van der Waals surface area contributed by atoms with Crippen LogP contribution in [0.15, 0.2) is 12.1 Å². The molecular weight excluding hydrogens is 275 g/mol. The van der Waals surface area contributed by atoms with Crippen LogP contribution >= 0.6 is 0 Å². The Morgan fingerprint density at radius 2 is 2.15 bits per heavy atom. The number of nitrogens with zero attached hydrogens (tertiary/aromatic N) is 2. The number of alkyl halides is 3. The number of carbonyl (C=O) groups excluding carboxylic acids is 1. The number of amides is 1. The zero-order valence-electron chi connectivity index (χ0n) is 10.5. The summed E-state index contributed by atoms with van der Waals surface area (Å²) in [5, 5.41) is 9.59. The molecule has 1 aromatic heterocycles. The Balaban J connectivity index is 2.44. The van der Waals surface area contributed by atoms with E-state index in [1.807, 2.05) is 0 Å². The number of anilines is 1. The fourth-order valence-electron chi connectivity index (χ4n) is 2.19. The highest BCUT2D eigenvalue weighted by Crippen LogP contribution is 2.31. The van der Waals surface area contributed by atoms with Crippen molar-refractivity contribution in [3.8, 4) is 0 Å². The van der Waals surface area contributed by atoms with E-state index in [1.165, 1.54) is 4.90 Å². The molecule has 0 saturated carbocycles. The molecule has 1 aliphatic heterocycles. The van der Waals surface area contributed by atoms with E-state index in [1.54, 1.807) is 0 Å². The molecule has 1 aromatic rings. The van der Waals surface area contributed by atoms with E-state index < -0.39 is 23.9 Å². The molecule has 0 spiro atoms. The maximum absolute atomic E-state index is 12.7. The fraction of sp³-hybridized carbons (Fsp3) is 0.500. The van der Waals surface area contributed by atoms with Crippen molar-refractivity contribution in [3.63, 3.8) is 0 Å². The largest absolute Gasteiger partial charge is 0.433 e. The quantitative estimate of drug-likeness (QED) is 0.856. The second kappa shape index (κ2) is 5.28. The molecule has 1 unspecified atom stereocenters. The van der Waals surface area contributed by atoms with Crippen molar-refractivity contribution < 1.29 is 23.1 Å². The molecule has 1 amide bonds. The van der Waals surface area contributed by atoms with Crippen LogP contribution in [0.25, 0.3) is 0 Å². The SMILES string of the molecule is NC(=O)c1ccc(C(F)(F)F)nc1N1CCCC(O)C1.